The Morgan fingerprint density at radius 2 is 1.78 bits per heavy atom. The van der Waals surface area contributed by atoms with Crippen LogP contribution in [0, 0.1) is 0 Å². The molecule has 0 aromatic heterocycles. The van der Waals surface area contributed by atoms with E-state index >= 15 is 0 Å². The number of rotatable bonds is 3. The number of carbonyl (C=O) groups is 2. The molecule has 7 heteroatoms. The maximum absolute atomic E-state index is 12.5. The highest BCUT2D eigenvalue weighted by atomic mass is 35.6. The lowest BCUT2D eigenvalue weighted by Crippen LogP contribution is -2.33. The fourth-order valence-electron chi connectivity index (χ4n) is 2.43. The molecule has 0 amide bonds. The molecule has 0 fully saturated rings. The maximum Gasteiger partial charge on any atom is 0.339 e. The molecule has 1 aromatic rings. The molecule has 0 N–H and O–H groups in total. The second kappa shape index (κ2) is 6.95. The lowest BCUT2D eigenvalue weighted by atomic mass is 9.90. The molecule has 0 saturated heterocycles. The Balaban J connectivity index is 2.54. The number of carbonyl (C=O) groups excluding carboxylic acids is 2. The van der Waals surface area contributed by atoms with Crippen molar-refractivity contribution in [1.29, 1.82) is 0 Å². The molecule has 0 radical (unpaired) electrons. The van der Waals surface area contributed by atoms with E-state index in [4.69, 9.17) is 39.5 Å². The normalized spacial score (nSPS) is 18.1. The van der Waals surface area contributed by atoms with Crippen LogP contribution in [0.4, 0.5) is 0 Å². The molecular weight excluding hydrogens is 361 g/mol. The van der Waals surface area contributed by atoms with Gasteiger partial charge in [0, 0.05) is 18.8 Å². The van der Waals surface area contributed by atoms with E-state index in [1.807, 2.05) is 30.3 Å². The first-order valence-electron chi connectivity index (χ1n) is 6.66. The van der Waals surface area contributed by atoms with Crippen LogP contribution >= 0.6 is 34.8 Å². The predicted octanol–water partition coefficient (Wildman–Crippen LogP) is 3.60. The van der Waals surface area contributed by atoms with E-state index in [9.17, 15) is 9.59 Å². The summed E-state index contributed by atoms with van der Waals surface area (Å²) in [4.78, 5) is 26.1. The number of Topliss-reactive ketones (excluding diaryl/α,β-unsaturated/α-hetero) is 1. The van der Waals surface area contributed by atoms with Crippen LogP contribution in [0.25, 0.3) is 0 Å². The third-order valence-corrected chi connectivity index (χ3v) is 3.93. The van der Waals surface area contributed by atoms with Crippen molar-refractivity contribution < 1.29 is 14.3 Å². The van der Waals surface area contributed by atoms with Gasteiger partial charge in [-0.1, -0.05) is 65.1 Å². The quantitative estimate of drug-likeness (QED) is 0.599. The molecule has 0 spiro atoms. The largest absolute Gasteiger partial charge is 0.465 e. The van der Waals surface area contributed by atoms with Crippen LogP contribution in [0.2, 0.25) is 0 Å². The van der Waals surface area contributed by atoms with Crippen molar-refractivity contribution in [2.24, 2.45) is 0 Å². The van der Waals surface area contributed by atoms with Gasteiger partial charge >= 0.3 is 5.97 Å². The smallest absolute Gasteiger partial charge is 0.339 e. The van der Waals surface area contributed by atoms with Crippen LogP contribution in [-0.4, -0.2) is 34.6 Å². The summed E-state index contributed by atoms with van der Waals surface area (Å²) < 4.78 is 2.59. The minimum Gasteiger partial charge on any atom is -0.465 e. The number of ketones is 1. The van der Waals surface area contributed by atoms with Gasteiger partial charge in [0.15, 0.2) is 0 Å². The molecular formula is C16H14Cl3NO3. The Morgan fingerprint density at radius 1 is 1.17 bits per heavy atom. The lowest BCUT2D eigenvalue weighted by molar-refractivity contribution is -0.135. The summed E-state index contributed by atoms with van der Waals surface area (Å²) in [6, 6.07) is 8.81. The van der Waals surface area contributed by atoms with Gasteiger partial charge in [-0.15, -0.1) is 0 Å². The maximum atomic E-state index is 12.5. The Morgan fingerprint density at radius 3 is 2.30 bits per heavy atom. The van der Waals surface area contributed by atoms with Crippen molar-refractivity contribution in [3.8, 4) is 0 Å². The fourth-order valence-corrected chi connectivity index (χ4v) is 2.76. The van der Waals surface area contributed by atoms with Gasteiger partial charge in [0.1, 0.15) is 0 Å². The summed E-state index contributed by atoms with van der Waals surface area (Å²) in [6.45, 7) is 0. The SMILES string of the molecule is COC(=O)C1=CN(C)C(c2ccccc2)C(C(=O)C(Cl)(Cl)Cl)=C1. The first kappa shape index (κ1) is 17.9. The van der Waals surface area contributed by atoms with Crippen molar-refractivity contribution in [1.82, 2.24) is 4.90 Å². The Bertz CT molecular complexity index is 678. The summed E-state index contributed by atoms with van der Waals surface area (Å²) in [7, 11) is 3.00. The van der Waals surface area contributed by atoms with Crippen LogP contribution in [0.5, 0.6) is 0 Å². The average molecular weight is 375 g/mol. The number of nitrogens with zero attached hydrogens (tertiary/aromatic N) is 1. The van der Waals surface area contributed by atoms with Crippen LogP contribution in [0.15, 0.2) is 53.8 Å². The first-order valence-corrected chi connectivity index (χ1v) is 7.79. The number of esters is 1. The summed E-state index contributed by atoms with van der Waals surface area (Å²) in [6.07, 6.45) is 3.01. The highest BCUT2D eigenvalue weighted by Gasteiger charge is 2.39. The molecule has 4 nitrogen and oxygen atoms in total. The molecule has 0 bridgehead atoms. The number of likely N-dealkylation sites (N-methyl/N-ethyl adjacent to an activating group) is 1. The summed E-state index contributed by atoms with van der Waals surface area (Å²) in [5, 5.41) is 0. The third-order valence-electron chi connectivity index (χ3n) is 3.41. The van der Waals surface area contributed by atoms with Crippen molar-refractivity contribution in [2.75, 3.05) is 14.2 Å². The third kappa shape index (κ3) is 3.89. The van der Waals surface area contributed by atoms with Gasteiger partial charge in [-0.2, -0.15) is 0 Å². The number of hydrogen-bond acceptors (Lipinski definition) is 4. The molecule has 1 atom stereocenters. The second-order valence-electron chi connectivity index (χ2n) is 4.98. The fraction of sp³-hybridized carbons (Fsp3) is 0.250. The van der Waals surface area contributed by atoms with Gasteiger partial charge in [0.05, 0.1) is 18.7 Å². The Hall–Kier alpha value is -1.49. The molecule has 1 aliphatic heterocycles. The number of hydrogen-bond donors (Lipinski definition) is 0. The van der Waals surface area contributed by atoms with Gasteiger partial charge < -0.3 is 9.64 Å². The van der Waals surface area contributed by atoms with E-state index in [0.717, 1.165) is 5.56 Å². The zero-order valence-electron chi connectivity index (χ0n) is 12.4. The Labute approximate surface area is 149 Å². The van der Waals surface area contributed by atoms with Gasteiger partial charge in [-0.3, -0.25) is 4.79 Å². The number of ether oxygens (including phenoxy) is 1. The van der Waals surface area contributed by atoms with Crippen LogP contribution < -0.4 is 0 Å². The van der Waals surface area contributed by atoms with Gasteiger partial charge in [-0.05, 0) is 11.6 Å². The molecule has 2 rings (SSSR count). The van der Waals surface area contributed by atoms with Crippen LogP contribution in [0.3, 0.4) is 0 Å². The molecule has 0 aliphatic carbocycles. The molecule has 1 heterocycles. The van der Waals surface area contributed by atoms with E-state index in [1.165, 1.54) is 13.2 Å². The second-order valence-corrected chi connectivity index (χ2v) is 7.26. The zero-order valence-corrected chi connectivity index (χ0v) is 14.7. The monoisotopic (exact) mass is 373 g/mol. The molecule has 1 aliphatic rings. The summed E-state index contributed by atoms with van der Waals surface area (Å²) >= 11 is 17.3. The highest BCUT2D eigenvalue weighted by Crippen LogP contribution is 2.39. The van der Waals surface area contributed by atoms with E-state index in [2.05, 4.69) is 0 Å². The molecule has 122 valence electrons. The van der Waals surface area contributed by atoms with Crippen molar-refractivity contribution in [3.63, 3.8) is 0 Å². The highest BCUT2D eigenvalue weighted by molar-refractivity contribution is 6.77. The van der Waals surface area contributed by atoms with Gasteiger partial charge in [0.2, 0.25) is 5.78 Å². The van der Waals surface area contributed by atoms with Gasteiger partial charge in [-0.25, -0.2) is 4.79 Å². The molecule has 23 heavy (non-hydrogen) atoms. The van der Waals surface area contributed by atoms with E-state index < -0.39 is 21.6 Å². The number of alkyl halides is 3. The summed E-state index contributed by atoms with van der Waals surface area (Å²) in [5.41, 5.74) is 1.25. The van der Waals surface area contributed by atoms with E-state index in [1.54, 1.807) is 18.1 Å². The van der Waals surface area contributed by atoms with E-state index in [0.29, 0.717) is 0 Å². The predicted molar refractivity (Wildman–Crippen MR) is 90.4 cm³/mol. The van der Waals surface area contributed by atoms with Crippen molar-refractivity contribution in [2.45, 2.75) is 9.83 Å². The number of halogens is 3. The van der Waals surface area contributed by atoms with Gasteiger partial charge in [0.25, 0.3) is 3.79 Å². The van der Waals surface area contributed by atoms with Crippen molar-refractivity contribution >= 4 is 46.6 Å². The standard InChI is InChI=1S/C16H14Cl3NO3/c1-20-9-11(15(22)23-2)8-12(14(21)16(17,18)19)13(20)10-6-4-3-5-7-10/h3-9,13H,1-2H3. The van der Waals surface area contributed by atoms with Crippen molar-refractivity contribution in [3.05, 3.63) is 59.3 Å². The average Bonchev–Trinajstić information content (AvgIpc) is 2.52. The number of methoxy groups -OCH3 is 1. The topological polar surface area (TPSA) is 46.6 Å². The van der Waals surface area contributed by atoms with Crippen LogP contribution in [0.1, 0.15) is 11.6 Å². The van der Waals surface area contributed by atoms with Crippen LogP contribution in [-0.2, 0) is 14.3 Å². The molecule has 1 unspecified atom stereocenters. The summed E-state index contributed by atoms with van der Waals surface area (Å²) in [5.74, 6) is -1.25. The minimum atomic E-state index is -2.11. The molecule has 0 saturated carbocycles. The minimum absolute atomic E-state index is 0.208. The first-order chi connectivity index (χ1) is 10.8. The lowest BCUT2D eigenvalue weighted by Gasteiger charge is -2.33. The molecule has 1 aromatic carbocycles. The zero-order chi connectivity index (χ0) is 17.2. The Kier molecular flexibility index (Phi) is 5.40. The van der Waals surface area contributed by atoms with E-state index in [-0.39, 0.29) is 11.1 Å². The number of benzene rings is 1.